The summed E-state index contributed by atoms with van der Waals surface area (Å²) in [4.78, 5) is 31.8. The Labute approximate surface area is 239 Å². The topological polar surface area (TPSA) is 121 Å². The van der Waals surface area contributed by atoms with E-state index in [1.165, 1.54) is 4.88 Å². The number of benzene rings is 1. The van der Waals surface area contributed by atoms with Crippen LogP contribution in [0.25, 0.3) is 0 Å². The minimum absolute atomic E-state index is 0.0640. The molecule has 206 valence electrons. The maximum absolute atomic E-state index is 13.3. The van der Waals surface area contributed by atoms with E-state index in [0.29, 0.717) is 32.0 Å². The predicted octanol–water partition coefficient (Wildman–Crippen LogP) is 2.81. The Morgan fingerprint density at radius 2 is 1.90 bits per heavy atom. The molecule has 1 aliphatic rings. The van der Waals surface area contributed by atoms with E-state index in [9.17, 15) is 9.90 Å². The molecule has 9 nitrogen and oxygen atoms in total. The van der Waals surface area contributed by atoms with Crippen LogP contribution < -0.4 is 20.3 Å². The number of amides is 1. The number of carbonyl (C=O) groups is 1. The Balaban J connectivity index is 1.54. The minimum Gasteiger partial charge on any atom is -0.505 e. The van der Waals surface area contributed by atoms with Gasteiger partial charge in [-0.3, -0.25) is 9.79 Å². The van der Waals surface area contributed by atoms with Gasteiger partial charge in [0.1, 0.15) is 17.5 Å². The number of piperazine rings is 1. The third-order valence-corrected chi connectivity index (χ3v) is 7.88. The van der Waals surface area contributed by atoms with Crippen molar-refractivity contribution in [3.8, 4) is 5.75 Å². The number of aliphatic imine (C=N–C) groups is 1. The number of thiophene rings is 1. The maximum Gasteiger partial charge on any atom is 0.322 e. The molecule has 0 radical (unpaired) electrons. The molecule has 4 rings (SSSR count). The zero-order chi connectivity index (χ0) is 28.2. The zero-order valence-electron chi connectivity index (χ0n) is 22.7. The highest BCUT2D eigenvalue weighted by molar-refractivity contribution is 7.78. The van der Waals surface area contributed by atoms with Crippen LogP contribution in [0, 0.1) is 12.3 Å². The van der Waals surface area contributed by atoms with Crippen LogP contribution in [-0.4, -0.2) is 58.7 Å². The van der Waals surface area contributed by atoms with E-state index >= 15 is 0 Å². The first kappa shape index (κ1) is 28.4. The normalized spacial score (nSPS) is 15.8. The molecule has 1 aliphatic heterocycles. The monoisotopic (exact) mass is 566 g/mol. The first-order valence-electron chi connectivity index (χ1n) is 12.8. The van der Waals surface area contributed by atoms with Gasteiger partial charge < -0.3 is 20.6 Å². The summed E-state index contributed by atoms with van der Waals surface area (Å²) in [6, 6.07) is 14.8. The van der Waals surface area contributed by atoms with Crippen molar-refractivity contribution in [2.24, 2.45) is 16.1 Å². The summed E-state index contributed by atoms with van der Waals surface area (Å²) in [6.45, 7) is 10.8. The predicted molar refractivity (Wildman–Crippen MR) is 161 cm³/mol. The van der Waals surface area contributed by atoms with Crippen LogP contribution in [0.5, 0.6) is 5.75 Å². The van der Waals surface area contributed by atoms with Crippen molar-refractivity contribution in [3.63, 3.8) is 0 Å². The van der Waals surface area contributed by atoms with E-state index in [2.05, 4.69) is 77.2 Å². The summed E-state index contributed by atoms with van der Waals surface area (Å²) in [5.74, 6) is 0.944. The molecule has 39 heavy (non-hydrogen) atoms. The number of nitrogens with two attached hydrogens (primary N) is 1. The number of nitrogens with one attached hydrogen (secondary N) is 2. The highest BCUT2D eigenvalue weighted by atomic mass is 32.1. The smallest absolute Gasteiger partial charge is 0.322 e. The van der Waals surface area contributed by atoms with Crippen LogP contribution in [0.1, 0.15) is 46.9 Å². The quantitative estimate of drug-likeness (QED) is 0.184. The second-order valence-corrected chi connectivity index (χ2v) is 12.1. The highest BCUT2D eigenvalue weighted by Gasteiger charge is 2.31. The van der Waals surface area contributed by atoms with Gasteiger partial charge in [0, 0.05) is 60.4 Å². The molecule has 1 saturated heterocycles. The molecule has 5 N–H and O–H groups in total. The van der Waals surface area contributed by atoms with E-state index in [-0.39, 0.29) is 40.2 Å². The summed E-state index contributed by atoms with van der Waals surface area (Å²) < 4.78 is 2.81. The molecule has 0 saturated carbocycles. The molecule has 3 heterocycles. The van der Waals surface area contributed by atoms with E-state index in [1.807, 2.05) is 18.2 Å². The summed E-state index contributed by atoms with van der Waals surface area (Å²) in [5, 5.41) is 11.0. The average molecular weight is 567 g/mol. The Morgan fingerprint density at radius 1 is 1.15 bits per heavy atom. The van der Waals surface area contributed by atoms with Gasteiger partial charge in [0.25, 0.3) is 5.91 Å². The van der Waals surface area contributed by atoms with Crippen LogP contribution in [0.2, 0.25) is 0 Å². The summed E-state index contributed by atoms with van der Waals surface area (Å²) in [6.07, 6.45) is 1.76. The van der Waals surface area contributed by atoms with Crippen molar-refractivity contribution in [2.75, 3.05) is 31.1 Å². The second kappa shape index (κ2) is 12.1. The van der Waals surface area contributed by atoms with Gasteiger partial charge in [0.2, 0.25) is 5.84 Å². The molecular weight excluding hydrogens is 530 g/mol. The lowest BCUT2D eigenvalue weighted by atomic mass is 9.86. The molecule has 0 spiro atoms. The molecule has 0 unspecified atom stereocenters. The van der Waals surface area contributed by atoms with E-state index < -0.39 is 0 Å². The van der Waals surface area contributed by atoms with Gasteiger partial charge in [-0.25, -0.2) is 14.7 Å². The van der Waals surface area contributed by atoms with Crippen molar-refractivity contribution in [1.82, 2.24) is 14.6 Å². The van der Waals surface area contributed by atoms with E-state index in [0.717, 1.165) is 10.7 Å². The largest absolute Gasteiger partial charge is 0.505 e. The number of phenols is 1. The number of para-hydroxylation sites is 1. The van der Waals surface area contributed by atoms with Crippen molar-refractivity contribution in [3.05, 3.63) is 70.0 Å². The molecule has 1 atom stereocenters. The van der Waals surface area contributed by atoms with E-state index in [4.69, 9.17) is 5.73 Å². The second-order valence-electron chi connectivity index (χ2n) is 10.5. The molecule has 3 aromatic rings. The summed E-state index contributed by atoms with van der Waals surface area (Å²) in [5.41, 5.74) is 6.62. The van der Waals surface area contributed by atoms with Gasteiger partial charge in [0.05, 0.1) is 5.56 Å². The Morgan fingerprint density at radius 3 is 2.49 bits per heavy atom. The van der Waals surface area contributed by atoms with Crippen molar-refractivity contribution in [2.45, 2.75) is 33.7 Å². The Kier molecular flexibility index (Phi) is 8.81. The van der Waals surface area contributed by atoms with Crippen molar-refractivity contribution >= 4 is 53.2 Å². The maximum atomic E-state index is 13.3. The molecular formula is C28H36N7O2S2+. The number of pyridine rings is 1. The van der Waals surface area contributed by atoms with Gasteiger partial charge in [-0.2, -0.15) is 0 Å². The van der Waals surface area contributed by atoms with Crippen molar-refractivity contribution in [1.29, 1.82) is 0 Å². The Bertz CT molecular complexity index is 1360. The Hall–Kier alpha value is -3.57. The molecule has 0 bridgehead atoms. The number of aryl methyl sites for hydroxylation is 1. The molecule has 11 heteroatoms. The number of carbonyl (C=O) groups excluding carboxylic acids is 1. The van der Waals surface area contributed by atoms with Gasteiger partial charge >= 0.3 is 5.84 Å². The first-order chi connectivity index (χ1) is 18.6. The van der Waals surface area contributed by atoms with Gasteiger partial charge in [-0.1, -0.05) is 32.9 Å². The fourth-order valence-electron chi connectivity index (χ4n) is 4.46. The summed E-state index contributed by atoms with van der Waals surface area (Å²) >= 11 is 5.97. The number of thiol groups is 1. The van der Waals surface area contributed by atoms with Crippen molar-refractivity contribution < 1.29 is 14.9 Å². The SMILES string of the molecule is Cc1ccc([C@H]([NH+]=C(NS)C(N)=Nc2cccc(C(=O)N3CCN(c4ccccn4)CC3)c2O)C(C)(C)C)s1. The number of nitrogens with zero attached hydrogens (tertiary/aromatic N) is 4. The van der Waals surface area contributed by atoms with Crippen LogP contribution in [-0.2, 0) is 0 Å². The molecule has 1 aromatic carbocycles. The molecule has 2 aromatic heterocycles. The number of hydrogen-bond donors (Lipinski definition) is 5. The standard InChI is InChI=1S/C28H35N7O2S2/c1-18-11-12-21(39-18)24(28(2,3)4)32-26(33-38)25(29)31-20-9-7-8-19(23(20)36)27(37)35-16-14-34(15-17-35)22-10-5-6-13-30-22/h5-13,24,36,38H,14-17H2,1-4H3,(H2,29,31)(H,32,33)/p+1/t24-/m0/s1. The van der Waals surface area contributed by atoms with Crippen LogP contribution in [0.4, 0.5) is 11.5 Å². The minimum atomic E-state index is -0.251. The van der Waals surface area contributed by atoms with Gasteiger partial charge in [-0.05, 0) is 43.3 Å². The van der Waals surface area contributed by atoms with Crippen LogP contribution in [0.15, 0.2) is 59.7 Å². The lowest BCUT2D eigenvalue weighted by Crippen LogP contribution is -2.81. The number of rotatable bonds is 5. The van der Waals surface area contributed by atoms with E-state index in [1.54, 1.807) is 40.6 Å². The third kappa shape index (κ3) is 6.72. The number of anilines is 1. The average Bonchev–Trinajstić information content (AvgIpc) is 3.35. The highest BCUT2D eigenvalue weighted by Crippen LogP contribution is 2.33. The van der Waals surface area contributed by atoms with Crippen LogP contribution in [0.3, 0.4) is 0 Å². The lowest BCUT2D eigenvalue weighted by molar-refractivity contribution is -0.528. The lowest BCUT2D eigenvalue weighted by Gasteiger charge is -2.35. The number of hydrogen-bond acceptors (Lipinski definition) is 7. The number of aromatic hydroxyl groups is 1. The van der Waals surface area contributed by atoms with Gasteiger partial charge in [-0.15, -0.1) is 11.3 Å². The first-order valence-corrected chi connectivity index (χ1v) is 14.1. The molecule has 1 fully saturated rings. The van der Waals surface area contributed by atoms with Crippen LogP contribution >= 0.6 is 24.2 Å². The molecule has 1 amide bonds. The third-order valence-electron chi connectivity index (χ3n) is 6.59. The number of amidine groups is 2. The summed E-state index contributed by atoms with van der Waals surface area (Å²) in [7, 11) is 0. The zero-order valence-corrected chi connectivity index (χ0v) is 24.4. The fourth-order valence-corrected chi connectivity index (χ4v) is 5.81. The number of aromatic nitrogens is 1. The number of phenolic OH excluding ortho intramolecular Hbond substituents is 1. The fraction of sp³-hybridized carbons (Fsp3) is 0.357. The molecule has 0 aliphatic carbocycles. The van der Waals surface area contributed by atoms with Gasteiger partial charge in [0.15, 0.2) is 5.75 Å².